The molecule has 0 N–H and O–H groups in total. The lowest BCUT2D eigenvalue weighted by atomic mass is 9.73. The van der Waals surface area contributed by atoms with Gasteiger partial charge in [0, 0.05) is 12.0 Å². The van der Waals surface area contributed by atoms with Crippen LogP contribution < -0.4 is 9.47 Å². The molecular formula is C34H42O6. The van der Waals surface area contributed by atoms with Gasteiger partial charge in [0.2, 0.25) is 0 Å². The number of benzene rings is 2. The molecule has 2 aromatic carbocycles. The fourth-order valence-corrected chi connectivity index (χ4v) is 4.93. The topological polar surface area (TPSA) is 78.9 Å². The number of esters is 2. The summed E-state index contributed by atoms with van der Waals surface area (Å²) in [4.78, 5) is 36.8. The highest BCUT2D eigenvalue weighted by atomic mass is 16.5. The zero-order valence-electron chi connectivity index (χ0n) is 24.2. The number of carbonyl (C=O) groups is 3. The van der Waals surface area contributed by atoms with E-state index in [0.717, 1.165) is 55.2 Å². The fraction of sp³-hybridized carbons (Fsp3) is 0.441. The highest BCUT2D eigenvalue weighted by Gasteiger charge is 2.32. The van der Waals surface area contributed by atoms with Crippen LogP contribution in [-0.4, -0.2) is 30.9 Å². The van der Waals surface area contributed by atoms with Gasteiger partial charge in [-0.25, -0.2) is 9.59 Å². The first kappa shape index (κ1) is 30.9. The lowest BCUT2D eigenvalue weighted by Gasteiger charge is -2.30. The summed E-state index contributed by atoms with van der Waals surface area (Å²) in [5.41, 5.74) is 3.07. The van der Waals surface area contributed by atoms with E-state index >= 15 is 0 Å². The van der Waals surface area contributed by atoms with E-state index in [1.54, 1.807) is 24.3 Å². The van der Waals surface area contributed by atoms with Crippen molar-refractivity contribution < 1.29 is 28.6 Å². The van der Waals surface area contributed by atoms with E-state index in [0.29, 0.717) is 36.2 Å². The van der Waals surface area contributed by atoms with E-state index in [1.165, 1.54) is 6.08 Å². The number of aryl methyl sites for hydroxylation is 1. The summed E-state index contributed by atoms with van der Waals surface area (Å²) in [6.07, 6.45) is 8.75. The Morgan fingerprint density at radius 2 is 1.65 bits per heavy atom. The van der Waals surface area contributed by atoms with Crippen molar-refractivity contribution in [2.45, 2.75) is 66.2 Å². The number of unbranched alkanes of at least 4 members (excludes halogenated alkanes) is 3. The zero-order valence-corrected chi connectivity index (χ0v) is 24.2. The molecule has 1 saturated carbocycles. The fourth-order valence-electron chi connectivity index (χ4n) is 4.93. The van der Waals surface area contributed by atoms with Crippen LogP contribution >= 0.6 is 0 Å². The maximum atomic E-state index is 13.0. The Balaban J connectivity index is 1.49. The summed E-state index contributed by atoms with van der Waals surface area (Å²) in [6.45, 7) is 12.5. The van der Waals surface area contributed by atoms with Gasteiger partial charge in [-0.05, 0) is 110 Å². The van der Waals surface area contributed by atoms with Crippen molar-refractivity contribution in [3.8, 4) is 11.5 Å². The van der Waals surface area contributed by atoms with Gasteiger partial charge in [-0.15, -0.1) is 0 Å². The number of rotatable bonds is 13. The molecule has 3 rings (SSSR count). The van der Waals surface area contributed by atoms with Crippen molar-refractivity contribution in [3.05, 3.63) is 77.4 Å². The first-order chi connectivity index (χ1) is 19.2. The van der Waals surface area contributed by atoms with Crippen molar-refractivity contribution in [1.29, 1.82) is 0 Å². The Hall–Kier alpha value is -3.67. The lowest BCUT2D eigenvalue weighted by Crippen LogP contribution is -2.30. The van der Waals surface area contributed by atoms with Gasteiger partial charge in [0.25, 0.3) is 0 Å². The molecular weight excluding hydrogens is 504 g/mol. The quantitative estimate of drug-likeness (QED) is 0.112. The van der Waals surface area contributed by atoms with Crippen molar-refractivity contribution in [3.63, 3.8) is 0 Å². The summed E-state index contributed by atoms with van der Waals surface area (Å²) in [7, 11) is 0. The molecule has 214 valence electrons. The van der Waals surface area contributed by atoms with Gasteiger partial charge >= 0.3 is 11.9 Å². The molecule has 0 aliphatic heterocycles. The number of ether oxygens (including phenoxy) is 3. The average molecular weight is 547 g/mol. The van der Waals surface area contributed by atoms with Crippen LogP contribution in [0.5, 0.6) is 11.5 Å². The van der Waals surface area contributed by atoms with Crippen LogP contribution in [0.15, 0.2) is 60.7 Å². The minimum atomic E-state index is -0.428. The molecule has 40 heavy (non-hydrogen) atoms. The number of ketones is 1. The second kappa shape index (κ2) is 15.2. The maximum Gasteiger partial charge on any atom is 0.343 e. The normalized spacial score (nSPS) is 18.0. The van der Waals surface area contributed by atoms with E-state index in [2.05, 4.69) is 27.4 Å². The third-order valence-corrected chi connectivity index (χ3v) is 7.42. The molecule has 1 fully saturated rings. The van der Waals surface area contributed by atoms with Gasteiger partial charge in [0.05, 0.1) is 18.8 Å². The second-order valence-corrected chi connectivity index (χ2v) is 10.9. The SMILES string of the molecule is C=CC(=O)OCCCCCCOc1ccc(C(=O)Oc2ccc(/C=C3\C(=O)C(C(C)C)CCC3C)cc2)c(C)c1. The standard InChI is InChI=1S/C34H42O6/c1-6-32(35)39-20-10-8-7-9-19-38-28-16-18-30(25(5)21-28)34(37)40-27-14-12-26(13-15-27)22-31-24(4)11-17-29(23(2)3)33(31)36/h6,12-16,18,21-24,29H,1,7-11,17,19-20H2,2-5H3/b31-22-. The van der Waals surface area contributed by atoms with Gasteiger partial charge in [-0.3, -0.25) is 4.79 Å². The van der Waals surface area contributed by atoms with Crippen LogP contribution in [-0.2, 0) is 14.3 Å². The van der Waals surface area contributed by atoms with Crippen molar-refractivity contribution in [2.75, 3.05) is 13.2 Å². The number of hydrogen-bond donors (Lipinski definition) is 0. The second-order valence-electron chi connectivity index (χ2n) is 10.9. The van der Waals surface area contributed by atoms with Crippen LogP contribution in [0.25, 0.3) is 6.08 Å². The number of hydrogen-bond acceptors (Lipinski definition) is 6. The number of allylic oxidation sites excluding steroid dienone is 1. The largest absolute Gasteiger partial charge is 0.494 e. The highest BCUT2D eigenvalue weighted by Crippen LogP contribution is 2.35. The zero-order chi connectivity index (χ0) is 29.1. The molecule has 2 unspecified atom stereocenters. The third-order valence-electron chi connectivity index (χ3n) is 7.42. The maximum absolute atomic E-state index is 13.0. The summed E-state index contributed by atoms with van der Waals surface area (Å²) >= 11 is 0. The van der Waals surface area contributed by atoms with E-state index < -0.39 is 5.97 Å². The summed E-state index contributed by atoms with van der Waals surface area (Å²) in [5, 5.41) is 0. The molecule has 0 spiro atoms. The summed E-state index contributed by atoms with van der Waals surface area (Å²) in [5.74, 6) is 1.28. The van der Waals surface area contributed by atoms with Crippen molar-refractivity contribution >= 4 is 23.8 Å². The Kier molecular flexibility index (Phi) is 11.7. The molecule has 0 heterocycles. The van der Waals surface area contributed by atoms with Gasteiger partial charge < -0.3 is 14.2 Å². The predicted molar refractivity (Wildman–Crippen MR) is 157 cm³/mol. The minimum absolute atomic E-state index is 0.0923. The summed E-state index contributed by atoms with van der Waals surface area (Å²) < 4.78 is 16.4. The molecule has 0 amide bonds. The number of Topliss-reactive ketones (excluding diaryl/α,β-unsaturated/α-hetero) is 1. The Morgan fingerprint density at radius 1 is 0.975 bits per heavy atom. The Labute approximate surface area is 238 Å². The molecule has 1 aliphatic rings. The van der Waals surface area contributed by atoms with Crippen LogP contribution in [0.2, 0.25) is 0 Å². The van der Waals surface area contributed by atoms with Crippen molar-refractivity contribution in [2.24, 2.45) is 17.8 Å². The van der Waals surface area contributed by atoms with E-state index in [-0.39, 0.29) is 23.6 Å². The van der Waals surface area contributed by atoms with Gasteiger partial charge in [0.15, 0.2) is 5.78 Å². The summed E-state index contributed by atoms with van der Waals surface area (Å²) in [6, 6.07) is 12.6. The van der Waals surface area contributed by atoms with E-state index in [9.17, 15) is 14.4 Å². The molecule has 1 aliphatic carbocycles. The average Bonchev–Trinajstić information content (AvgIpc) is 2.93. The van der Waals surface area contributed by atoms with Gasteiger partial charge in [0.1, 0.15) is 11.5 Å². The van der Waals surface area contributed by atoms with Crippen LogP contribution in [0.3, 0.4) is 0 Å². The molecule has 2 atom stereocenters. The van der Waals surface area contributed by atoms with Crippen molar-refractivity contribution in [1.82, 2.24) is 0 Å². The first-order valence-corrected chi connectivity index (χ1v) is 14.3. The predicted octanol–water partition coefficient (Wildman–Crippen LogP) is 7.54. The molecule has 0 radical (unpaired) electrons. The van der Waals surface area contributed by atoms with E-state index in [1.807, 2.05) is 31.2 Å². The smallest absolute Gasteiger partial charge is 0.343 e. The molecule has 6 nitrogen and oxygen atoms in total. The Morgan fingerprint density at radius 3 is 2.30 bits per heavy atom. The van der Waals surface area contributed by atoms with Crippen LogP contribution in [0, 0.1) is 24.7 Å². The molecule has 0 aromatic heterocycles. The lowest BCUT2D eigenvalue weighted by molar-refractivity contribution is -0.137. The minimum Gasteiger partial charge on any atom is -0.494 e. The first-order valence-electron chi connectivity index (χ1n) is 14.3. The third kappa shape index (κ3) is 8.94. The Bertz CT molecular complexity index is 1210. The van der Waals surface area contributed by atoms with Crippen LogP contribution in [0.1, 0.15) is 80.8 Å². The van der Waals surface area contributed by atoms with Gasteiger partial charge in [-0.1, -0.05) is 39.5 Å². The molecule has 2 aromatic rings. The molecule has 6 heteroatoms. The monoisotopic (exact) mass is 546 g/mol. The van der Waals surface area contributed by atoms with Gasteiger partial charge in [-0.2, -0.15) is 0 Å². The van der Waals surface area contributed by atoms with Crippen LogP contribution in [0.4, 0.5) is 0 Å². The van der Waals surface area contributed by atoms with E-state index in [4.69, 9.17) is 14.2 Å². The number of carbonyl (C=O) groups excluding carboxylic acids is 3. The molecule has 0 saturated heterocycles. The molecule has 0 bridgehead atoms. The highest BCUT2D eigenvalue weighted by molar-refractivity contribution is 6.02.